The first kappa shape index (κ1) is 8.52. The summed E-state index contributed by atoms with van der Waals surface area (Å²) in [5.41, 5.74) is 0.700. The number of aryl methyl sites for hydroxylation is 1. The molecule has 1 radical (unpaired) electrons. The molecule has 0 saturated carbocycles. The maximum Gasteiger partial charge on any atom is 0.270 e. The number of hydrogen-bond acceptors (Lipinski definition) is 3. The van der Waals surface area contributed by atoms with Gasteiger partial charge in [-0.2, -0.15) is 0 Å². The van der Waals surface area contributed by atoms with Crippen LogP contribution in [0.1, 0.15) is 11.1 Å². The Morgan fingerprint density at radius 1 is 1.58 bits per heavy atom. The molecule has 1 N–H and O–H groups in total. The molecule has 0 amide bonds. The van der Waals surface area contributed by atoms with Crippen LogP contribution >= 0.6 is 0 Å². The normalized spacial score (nSPS) is 9.83. The van der Waals surface area contributed by atoms with Crippen LogP contribution in [0.4, 0.5) is 5.69 Å². The lowest BCUT2D eigenvalue weighted by Gasteiger charge is -2.01. The van der Waals surface area contributed by atoms with Gasteiger partial charge in [-0.1, -0.05) is 0 Å². The van der Waals surface area contributed by atoms with Crippen molar-refractivity contribution in [1.82, 2.24) is 0 Å². The van der Waals surface area contributed by atoms with Crippen molar-refractivity contribution in [3.05, 3.63) is 40.3 Å². The molecule has 4 heteroatoms. The van der Waals surface area contributed by atoms with Gasteiger partial charge in [-0.25, -0.2) is 0 Å². The van der Waals surface area contributed by atoms with Crippen molar-refractivity contribution in [2.45, 2.75) is 6.92 Å². The molecule has 0 heterocycles. The topological polar surface area (TPSA) is 63.4 Å². The predicted molar refractivity (Wildman–Crippen MR) is 44.0 cm³/mol. The van der Waals surface area contributed by atoms with Crippen molar-refractivity contribution in [2.24, 2.45) is 0 Å². The second kappa shape index (κ2) is 2.81. The molecule has 0 aliphatic carbocycles. The molecule has 0 spiro atoms. The Balaban J connectivity index is 3.31. The van der Waals surface area contributed by atoms with E-state index in [2.05, 4.69) is 6.92 Å². The number of non-ortho nitro benzene ring substituents is 1. The molecule has 0 bridgehead atoms. The fourth-order valence-electron chi connectivity index (χ4n) is 0.937. The second-order valence-corrected chi connectivity index (χ2v) is 2.53. The Labute approximate surface area is 69.6 Å². The van der Waals surface area contributed by atoms with E-state index >= 15 is 0 Å². The van der Waals surface area contributed by atoms with Crippen molar-refractivity contribution in [3.63, 3.8) is 0 Å². The van der Waals surface area contributed by atoms with Gasteiger partial charge in [0.15, 0.2) is 0 Å². The number of hydrogen-bond donors (Lipinski definition) is 1. The Bertz CT molecular complexity index is 310. The van der Waals surface area contributed by atoms with Crippen molar-refractivity contribution in [2.75, 3.05) is 0 Å². The van der Waals surface area contributed by atoms with Crippen molar-refractivity contribution < 1.29 is 10.0 Å². The highest BCUT2D eigenvalue weighted by atomic mass is 16.6. The van der Waals surface area contributed by atoms with Gasteiger partial charge in [0, 0.05) is 17.7 Å². The summed E-state index contributed by atoms with van der Waals surface area (Å²) >= 11 is 0. The van der Waals surface area contributed by atoms with Gasteiger partial charge in [-0.15, -0.1) is 0 Å². The van der Waals surface area contributed by atoms with Crippen LogP contribution < -0.4 is 0 Å². The van der Waals surface area contributed by atoms with Gasteiger partial charge >= 0.3 is 0 Å². The third-order valence-electron chi connectivity index (χ3n) is 1.58. The molecule has 0 unspecified atom stereocenters. The average molecular weight is 166 g/mol. The predicted octanol–water partition coefficient (Wildman–Crippen LogP) is 1.79. The van der Waals surface area contributed by atoms with Crippen LogP contribution in [-0.2, 0) is 0 Å². The van der Waals surface area contributed by atoms with Crippen LogP contribution in [-0.4, -0.2) is 10.0 Å². The minimum absolute atomic E-state index is 0.0144. The molecule has 0 saturated heterocycles. The minimum atomic E-state index is -0.513. The summed E-state index contributed by atoms with van der Waals surface area (Å²) < 4.78 is 0. The summed E-state index contributed by atoms with van der Waals surface area (Å²) in [6, 6.07) is 2.55. The smallest absolute Gasteiger partial charge is 0.270 e. The molecule has 1 rings (SSSR count). The number of benzene rings is 1. The quantitative estimate of drug-likeness (QED) is 0.511. The van der Waals surface area contributed by atoms with Crippen LogP contribution in [0.25, 0.3) is 0 Å². The van der Waals surface area contributed by atoms with E-state index in [-0.39, 0.29) is 17.0 Å². The minimum Gasteiger partial charge on any atom is -0.507 e. The van der Waals surface area contributed by atoms with Crippen LogP contribution in [0.15, 0.2) is 12.1 Å². The van der Waals surface area contributed by atoms with E-state index in [1.807, 2.05) is 0 Å². The summed E-state index contributed by atoms with van der Waals surface area (Å²) in [5.74, 6) is 0.0144. The summed E-state index contributed by atoms with van der Waals surface area (Å²) in [6.45, 7) is 5.06. The molecule has 0 atom stereocenters. The standard InChI is InChI=1S/C8H8NO3/c1-5-3-7(9(11)12)4-6(2)8(5)10/h3-4,10H,1H2,2H3. The van der Waals surface area contributed by atoms with Gasteiger partial charge in [-0.3, -0.25) is 10.1 Å². The van der Waals surface area contributed by atoms with E-state index in [4.69, 9.17) is 0 Å². The Hall–Kier alpha value is -1.58. The molecule has 0 fully saturated rings. The van der Waals surface area contributed by atoms with E-state index in [0.29, 0.717) is 5.56 Å². The monoisotopic (exact) mass is 166 g/mol. The Morgan fingerprint density at radius 2 is 2.17 bits per heavy atom. The zero-order valence-corrected chi connectivity index (χ0v) is 6.57. The fourth-order valence-corrected chi connectivity index (χ4v) is 0.937. The van der Waals surface area contributed by atoms with E-state index in [0.717, 1.165) is 0 Å². The molecule has 12 heavy (non-hydrogen) atoms. The summed E-state index contributed by atoms with van der Waals surface area (Å²) in [7, 11) is 0. The van der Waals surface area contributed by atoms with Crippen LogP contribution in [0.5, 0.6) is 5.75 Å². The number of nitrogens with zero attached hydrogens (tertiary/aromatic N) is 1. The highest BCUT2D eigenvalue weighted by Crippen LogP contribution is 2.26. The lowest BCUT2D eigenvalue weighted by atomic mass is 10.1. The summed E-state index contributed by atoms with van der Waals surface area (Å²) in [5, 5.41) is 19.5. The number of phenols is 1. The van der Waals surface area contributed by atoms with Gasteiger partial charge < -0.3 is 5.11 Å². The average Bonchev–Trinajstić information content (AvgIpc) is 1.99. The molecule has 1 aromatic rings. The Morgan fingerprint density at radius 3 is 2.58 bits per heavy atom. The molecule has 0 aromatic heterocycles. The number of nitro benzene ring substituents is 1. The van der Waals surface area contributed by atoms with Crippen molar-refractivity contribution in [1.29, 1.82) is 0 Å². The largest absolute Gasteiger partial charge is 0.507 e. The van der Waals surface area contributed by atoms with E-state index < -0.39 is 4.92 Å². The summed E-state index contributed by atoms with van der Waals surface area (Å²) in [6.07, 6.45) is 0. The first-order valence-electron chi connectivity index (χ1n) is 3.32. The van der Waals surface area contributed by atoms with Gasteiger partial charge in [-0.05, 0) is 19.4 Å². The van der Waals surface area contributed by atoms with Gasteiger partial charge in [0.05, 0.1) is 4.92 Å². The molecule has 63 valence electrons. The number of aromatic hydroxyl groups is 1. The van der Waals surface area contributed by atoms with Crippen molar-refractivity contribution >= 4 is 5.69 Å². The highest BCUT2D eigenvalue weighted by molar-refractivity contribution is 5.49. The van der Waals surface area contributed by atoms with E-state index in [9.17, 15) is 15.2 Å². The lowest BCUT2D eigenvalue weighted by Crippen LogP contribution is -1.90. The molecule has 0 aliphatic heterocycles. The molecular weight excluding hydrogens is 158 g/mol. The second-order valence-electron chi connectivity index (χ2n) is 2.53. The first-order chi connectivity index (χ1) is 5.52. The highest BCUT2D eigenvalue weighted by Gasteiger charge is 2.10. The first-order valence-corrected chi connectivity index (χ1v) is 3.32. The zero-order chi connectivity index (χ0) is 9.30. The number of nitro groups is 1. The van der Waals surface area contributed by atoms with E-state index in [1.165, 1.54) is 12.1 Å². The molecule has 4 nitrogen and oxygen atoms in total. The van der Waals surface area contributed by atoms with E-state index in [1.54, 1.807) is 6.92 Å². The number of phenolic OH excluding ortho intramolecular Hbond substituents is 1. The third-order valence-corrected chi connectivity index (χ3v) is 1.58. The van der Waals surface area contributed by atoms with Crippen molar-refractivity contribution in [3.8, 4) is 5.75 Å². The van der Waals surface area contributed by atoms with Crippen LogP contribution in [0.2, 0.25) is 0 Å². The SMILES string of the molecule is [CH2]c1cc([N+](=O)[O-])cc(C)c1O. The fraction of sp³-hybridized carbons (Fsp3) is 0.125. The van der Waals surface area contributed by atoms with Gasteiger partial charge in [0.1, 0.15) is 5.75 Å². The number of rotatable bonds is 1. The molecule has 0 aliphatic rings. The lowest BCUT2D eigenvalue weighted by molar-refractivity contribution is -0.384. The Kier molecular flexibility index (Phi) is 1.99. The van der Waals surface area contributed by atoms with Gasteiger partial charge in [0.25, 0.3) is 5.69 Å². The summed E-state index contributed by atoms with van der Waals surface area (Å²) in [4.78, 5) is 9.80. The maximum atomic E-state index is 10.3. The molecule has 1 aromatic carbocycles. The zero-order valence-electron chi connectivity index (χ0n) is 6.57. The van der Waals surface area contributed by atoms with Crippen LogP contribution in [0.3, 0.4) is 0 Å². The van der Waals surface area contributed by atoms with Gasteiger partial charge in [0.2, 0.25) is 0 Å². The third kappa shape index (κ3) is 1.37. The maximum absolute atomic E-state index is 10.3. The van der Waals surface area contributed by atoms with Crippen LogP contribution in [0, 0.1) is 24.0 Å². The molecular formula is C8H8NO3.